The molecule has 4 aromatic rings. The van der Waals surface area contributed by atoms with Crippen LogP contribution in [0.5, 0.6) is 0 Å². The van der Waals surface area contributed by atoms with Gasteiger partial charge in [-0.05, 0) is 36.4 Å². The fourth-order valence-corrected chi connectivity index (χ4v) is 2.66. The zero-order valence-electron chi connectivity index (χ0n) is 12.2. The quantitative estimate of drug-likeness (QED) is 0.496. The maximum Gasteiger partial charge on any atom is 0.256 e. The number of oxazole rings is 1. The number of rotatable bonds is 5. The highest BCUT2D eigenvalue weighted by molar-refractivity contribution is 7.98. The second-order valence-corrected chi connectivity index (χ2v) is 5.70. The third-order valence-corrected chi connectivity index (χ3v) is 3.97. The summed E-state index contributed by atoms with van der Waals surface area (Å²) < 4.78 is 28.9. The summed E-state index contributed by atoms with van der Waals surface area (Å²) in [6, 6.07) is 9.53. The molecule has 0 unspecified atom stereocenters. The van der Waals surface area contributed by atoms with Crippen LogP contribution in [0, 0.1) is 5.82 Å². The number of hydrogen-bond acceptors (Lipinski definition) is 7. The number of hydrogen-bond donors (Lipinski definition) is 0. The summed E-state index contributed by atoms with van der Waals surface area (Å²) in [4.78, 5) is 8.42. The summed E-state index contributed by atoms with van der Waals surface area (Å²) in [6.45, 7) is 0. The van der Waals surface area contributed by atoms with Gasteiger partial charge >= 0.3 is 0 Å². The summed E-state index contributed by atoms with van der Waals surface area (Å²) in [5, 5.41) is 4.32. The first-order valence-electron chi connectivity index (χ1n) is 6.99. The molecule has 0 bridgehead atoms. The molecule has 0 saturated carbocycles. The Bertz CT molecular complexity index is 932. The van der Waals surface area contributed by atoms with E-state index in [1.807, 2.05) is 0 Å². The summed E-state index contributed by atoms with van der Waals surface area (Å²) >= 11 is 1.32. The van der Waals surface area contributed by atoms with Crippen LogP contribution in [-0.2, 0) is 5.75 Å². The topological polar surface area (TPSA) is 78.1 Å². The van der Waals surface area contributed by atoms with Crippen molar-refractivity contribution in [1.82, 2.24) is 15.1 Å². The van der Waals surface area contributed by atoms with E-state index in [0.717, 1.165) is 5.56 Å². The molecule has 3 aromatic heterocycles. The van der Waals surface area contributed by atoms with E-state index in [1.54, 1.807) is 36.7 Å². The van der Waals surface area contributed by atoms with Crippen molar-refractivity contribution in [2.24, 2.45) is 0 Å². The molecule has 0 spiro atoms. The standard InChI is InChI=1S/C16H10FN3O3S/c17-11-5-3-10(4-6-11)13-8-18-16(22-13)24-9-14-19-15(20-23-14)12-2-1-7-21-12/h1-8H,9H2. The first kappa shape index (κ1) is 14.7. The molecule has 0 amide bonds. The smallest absolute Gasteiger partial charge is 0.256 e. The predicted octanol–water partition coefficient (Wildman–Crippen LogP) is 4.42. The molecular weight excluding hydrogens is 333 g/mol. The summed E-state index contributed by atoms with van der Waals surface area (Å²) in [5.41, 5.74) is 0.758. The van der Waals surface area contributed by atoms with Crippen molar-refractivity contribution in [3.05, 3.63) is 60.6 Å². The van der Waals surface area contributed by atoms with E-state index in [2.05, 4.69) is 15.1 Å². The van der Waals surface area contributed by atoms with Crippen LogP contribution in [0.25, 0.3) is 22.9 Å². The van der Waals surface area contributed by atoms with Crippen molar-refractivity contribution >= 4 is 11.8 Å². The highest BCUT2D eigenvalue weighted by Gasteiger charge is 2.13. The molecule has 6 nitrogen and oxygen atoms in total. The zero-order valence-corrected chi connectivity index (χ0v) is 13.0. The van der Waals surface area contributed by atoms with Crippen molar-refractivity contribution in [2.75, 3.05) is 0 Å². The Morgan fingerprint density at radius 3 is 2.75 bits per heavy atom. The Labute approximate surface area is 139 Å². The SMILES string of the molecule is Fc1ccc(-c2cnc(SCc3nc(-c4ccco4)no3)o2)cc1. The molecule has 0 aliphatic carbocycles. The lowest BCUT2D eigenvalue weighted by Gasteiger charge is -1.95. The lowest BCUT2D eigenvalue weighted by atomic mass is 10.2. The van der Waals surface area contributed by atoms with Crippen LogP contribution in [0.1, 0.15) is 5.89 Å². The highest BCUT2D eigenvalue weighted by atomic mass is 32.2. The van der Waals surface area contributed by atoms with E-state index < -0.39 is 0 Å². The van der Waals surface area contributed by atoms with Gasteiger partial charge in [0.1, 0.15) is 5.82 Å². The van der Waals surface area contributed by atoms with Gasteiger partial charge in [-0.15, -0.1) is 0 Å². The maximum absolute atomic E-state index is 12.9. The lowest BCUT2D eigenvalue weighted by molar-refractivity contribution is 0.389. The first-order valence-corrected chi connectivity index (χ1v) is 7.97. The Balaban J connectivity index is 1.42. The van der Waals surface area contributed by atoms with Crippen molar-refractivity contribution < 1.29 is 17.7 Å². The van der Waals surface area contributed by atoms with Gasteiger partial charge < -0.3 is 13.4 Å². The number of furan rings is 1. The molecule has 24 heavy (non-hydrogen) atoms. The van der Waals surface area contributed by atoms with Gasteiger partial charge in [-0.3, -0.25) is 0 Å². The van der Waals surface area contributed by atoms with Gasteiger partial charge in [0.25, 0.3) is 5.22 Å². The van der Waals surface area contributed by atoms with Crippen molar-refractivity contribution in [3.8, 4) is 22.9 Å². The Morgan fingerprint density at radius 2 is 1.96 bits per heavy atom. The highest BCUT2D eigenvalue weighted by Crippen LogP contribution is 2.28. The maximum atomic E-state index is 12.9. The van der Waals surface area contributed by atoms with Gasteiger partial charge in [0, 0.05) is 5.56 Å². The molecule has 0 aliphatic heterocycles. The average molecular weight is 343 g/mol. The van der Waals surface area contributed by atoms with Crippen molar-refractivity contribution in [3.63, 3.8) is 0 Å². The third-order valence-electron chi connectivity index (χ3n) is 3.14. The van der Waals surface area contributed by atoms with Crippen molar-refractivity contribution in [1.29, 1.82) is 0 Å². The largest absolute Gasteiger partial charge is 0.461 e. The van der Waals surface area contributed by atoms with Gasteiger partial charge in [0.15, 0.2) is 11.5 Å². The van der Waals surface area contributed by atoms with E-state index in [9.17, 15) is 4.39 Å². The van der Waals surface area contributed by atoms with E-state index >= 15 is 0 Å². The molecule has 0 atom stereocenters. The fourth-order valence-electron chi connectivity index (χ4n) is 2.02. The molecule has 4 rings (SSSR count). The van der Waals surface area contributed by atoms with Crippen LogP contribution in [0.4, 0.5) is 4.39 Å². The summed E-state index contributed by atoms with van der Waals surface area (Å²) in [6.07, 6.45) is 3.14. The summed E-state index contributed by atoms with van der Waals surface area (Å²) in [7, 11) is 0. The van der Waals surface area contributed by atoms with Crippen molar-refractivity contribution in [2.45, 2.75) is 11.0 Å². The van der Waals surface area contributed by atoms with E-state index in [0.29, 0.717) is 34.2 Å². The Morgan fingerprint density at radius 1 is 1.08 bits per heavy atom. The number of aromatic nitrogens is 3. The second-order valence-electron chi connectivity index (χ2n) is 4.78. The normalized spacial score (nSPS) is 11.0. The molecule has 0 N–H and O–H groups in total. The molecule has 0 radical (unpaired) electrons. The second kappa shape index (κ2) is 6.32. The zero-order chi connectivity index (χ0) is 16.4. The van der Waals surface area contributed by atoms with Gasteiger partial charge in [0.2, 0.25) is 11.7 Å². The van der Waals surface area contributed by atoms with Crippen LogP contribution < -0.4 is 0 Å². The molecule has 0 fully saturated rings. The first-order chi connectivity index (χ1) is 11.8. The molecule has 1 aromatic carbocycles. The molecule has 3 heterocycles. The minimum Gasteiger partial charge on any atom is -0.461 e. The Kier molecular flexibility index (Phi) is 3.87. The lowest BCUT2D eigenvalue weighted by Crippen LogP contribution is -1.81. The molecule has 8 heteroatoms. The molecular formula is C16H10FN3O3S. The van der Waals surface area contributed by atoms with Gasteiger partial charge in [0.05, 0.1) is 18.2 Å². The predicted molar refractivity (Wildman–Crippen MR) is 83.5 cm³/mol. The number of halogens is 1. The molecule has 0 saturated heterocycles. The van der Waals surface area contributed by atoms with Crippen LogP contribution in [0.3, 0.4) is 0 Å². The van der Waals surface area contributed by atoms with Gasteiger partial charge in [-0.1, -0.05) is 16.9 Å². The van der Waals surface area contributed by atoms with Gasteiger partial charge in [-0.25, -0.2) is 9.37 Å². The molecule has 0 aliphatic rings. The summed E-state index contributed by atoms with van der Waals surface area (Å²) in [5.74, 6) is 2.07. The van der Waals surface area contributed by atoms with Crippen LogP contribution >= 0.6 is 11.8 Å². The van der Waals surface area contributed by atoms with Crippen LogP contribution in [0.15, 0.2) is 67.4 Å². The van der Waals surface area contributed by atoms with Crippen LogP contribution in [-0.4, -0.2) is 15.1 Å². The Hall–Kier alpha value is -2.87. The number of benzene rings is 1. The fraction of sp³-hybridized carbons (Fsp3) is 0.0625. The monoisotopic (exact) mass is 343 g/mol. The number of nitrogens with zero attached hydrogens (tertiary/aromatic N) is 3. The van der Waals surface area contributed by atoms with E-state index in [-0.39, 0.29) is 5.82 Å². The average Bonchev–Trinajstić information content (AvgIpc) is 3.34. The number of thioether (sulfide) groups is 1. The van der Waals surface area contributed by atoms with E-state index in [4.69, 9.17) is 13.4 Å². The minimum atomic E-state index is -0.295. The van der Waals surface area contributed by atoms with Crippen LogP contribution in [0.2, 0.25) is 0 Å². The third kappa shape index (κ3) is 3.09. The van der Waals surface area contributed by atoms with Gasteiger partial charge in [-0.2, -0.15) is 4.98 Å². The minimum absolute atomic E-state index is 0.295. The molecule has 120 valence electrons. The van der Waals surface area contributed by atoms with E-state index in [1.165, 1.54) is 23.9 Å².